The molecule has 0 spiro atoms. The van der Waals surface area contributed by atoms with Crippen molar-refractivity contribution in [3.63, 3.8) is 0 Å². The number of amides is 1. The number of carbonyl (C=O) groups is 1. The summed E-state index contributed by atoms with van der Waals surface area (Å²) in [4.78, 5) is 12.7. The first-order chi connectivity index (χ1) is 9.22. The minimum absolute atomic E-state index is 0.00704. The third kappa shape index (κ3) is 3.57. The van der Waals surface area contributed by atoms with E-state index in [0.29, 0.717) is 11.4 Å². The van der Waals surface area contributed by atoms with Crippen LogP contribution in [0.3, 0.4) is 0 Å². The number of rotatable bonds is 5. The Morgan fingerprint density at radius 1 is 1.21 bits per heavy atom. The Morgan fingerprint density at radius 2 is 1.95 bits per heavy atom. The molecule has 0 fully saturated rings. The standard InChI is InChI=1S/C16H18BrNO/c1-2-13(17)10-11-18-16(19)15-9-5-7-12-6-3-4-8-14(12)15/h3-9,13H,2,10-11H2,1H3,(H,18,19). The van der Waals surface area contributed by atoms with Gasteiger partial charge in [0.2, 0.25) is 0 Å². The lowest BCUT2D eigenvalue weighted by Gasteiger charge is -2.10. The van der Waals surface area contributed by atoms with Crippen molar-refractivity contribution in [2.75, 3.05) is 6.54 Å². The van der Waals surface area contributed by atoms with Crippen molar-refractivity contribution in [2.45, 2.75) is 24.6 Å². The molecule has 19 heavy (non-hydrogen) atoms. The molecule has 0 aliphatic rings. The Bertz CT molecular complexity index is 562. The molecule has 0 radical (unpaired) electrons. The molecule has 3 heteroatoms. The zero-order valence-electron chi connectivity index (χ0n) is 11.0. The fourth-order valence-electron chi connectivity index (χ4n) is 2.07. The molecule has 0 aliphatic carbocycles. The number of hydrogen-bond acceptors (Lipinski definition) is 1. The molecule has 0 heterocycles. The van der Waals surface area contributed by atoms with Crippen LogP contribution in [-0.4, -0.2) is 17.3 Å². The van der Waals surface area contributed by atoms with E-state index in [1.165, 1.54) is 0 Å². The second-order valence-corrected chi connectivity index (χ2v) is 5.87. The molecule has 0 bridgehead atoms. The summed E-state index contributed by atoms with van der Waals surface area (Å²) in [5, 5.41) is 5.09. The molecule has 2 aromatic carbocycles. The number of hydrogen-bond donors (Lipinski definition) is 1. The van der Waals surface area contributed by atoms with E-state index in [1.807, 2.05) is 42.5 Å². The average Bonchev–Trinajstić information content (AvgIpc) is 2.46. The number of fused-ring (bicyclic) bond motifs is 1. The maximum Gasteiger partial charge on any atom is 0.251 e. The first-order valence-corrected chi connectivity index (χ1v) is 7.54. The van der Waals surface area contributed by atoms with Crippen LogP contribution in [0.4, 0.5) is 0 Å². The summed E-state index contributed by atoms with van der Waals surface area (Å²) in [7, 11) is 0. The molecule has 2 aromatic rings. The number of benzene rings is 2. The Morgan fingerprint density at radius 3 is 2.74 bits per heavy atom. The van der Waals surface area contributed by atoms with Crippen LogP contribution in [0.1, 0.15) is 30.1 Å². The number of halogens is 1. The predicted molar refractivity (Wildman–Crippen MR) is 83.9 cm³/mol. The van der Waals surface area contributed by atoms with Crippen LogP contribution in [0.5, 0.6) is 0 Å². The van der Waals surface area contributed by atoms with E-state index in [9.17, 15) is 4.79 Å². The summed E-state index contributed by atoms with van der Waals surface area (Å²) in [6.07, 6.45) is 2.02. The number of carbonyl (C=O) groups excluding carboxylic acids is 1. The SMILES string of the molecule is CCC(Br)CCNC(=O)c1cccc2ccccc12. The van der Waals surface area contributed by atoms with Gasteiger partial charge in [-0.15, -0.1) is 0 Å². The van der Waals surface area contributed by atoms with Crippen molar-refractivity contribution < 1.29 is 4.79 Å². The van der Waals surface area contributed by atoms with Gasteiger partial charge in [0.25, 0.3) is 5.91 Å². The van der Waals surface area contributed by atoms with Gasteiger partial charge < -0.3 is 5.32 Å². The van der Waals surface area contributed by atoms with Crippen molar-refractivity contribution in [3.05, 3.63) is 48.0 Å². The minimum atomic E-state index is 0.00704. The van der Waals surface area contributed by atoms with Gasteiger partial charge in [-0.2, -0.15) is 0 Å². The first-order valence-electron chi connectivity index (χ1n) is 6.62. The molecule has 0 saturated heterocycles. The lowest BCUT2D eigenvalue weighted by molar-refractivity contribution is 0.0955. The van der Waals surface area contributed by atoms with Crippen molar-refractivity contribution in [1.29, 1.82) is 0 Å². The highest BCUT2D eigenvalue weighted by Crippen LogP contribution is 2.18. The van der Waals surface area contributed by atoms with Crippen molar-refractivity contribution in [3.8, 4) is 0 Å². The van der Waals surface area contributed by atoms with Crippen LogP contribution in [0, 0.1) is 0 Å². The van der Waals surface area contributed by atoms with Crippen molar-refractivity contribution in [2.24, 2.45) is 0 Å². The van der Waals surface area contributed by atoms with Gasteiger partial charge in [-0.25, -0.2) is 0 Å². The van der Waals surface area contributed by atoms with Gasteiger partial charge in [-0.3, -0.25) is 4.79 Å². The summed E-state index contributed by atoms with van der Waals surface area (Å²) >= 11 is 3.57. The molecule has 1 unspecified atom stereocenters. The van der Waals surface area contributed by atoms with Gasteiger partial charge in [-0.1, -0.05) is 59.3 Å². The van der Waals surface area contributed by atoms with Crippen LogP contribution in [-0.2, 0) is 0 Å². The molecule has 0 saturated carbocycles. The van der Waals surface area contributed by atoms with E-state index in [0.717, 1.165) is 29.2 Å². The van der Waals surface area contributed by atoms with Gasteiger partial charge in [0, 0.05) is 16.9 Å². The smallest absolute Gasteiger partial charge is 0.251 e. The van der Waals surface area contributed by atoms with Crippen molar-refractivity contribution >= 4 is 32.6 Å². The van der Waals surface area contributed by atoms with Gasteiger partial charge in [0.05, 0.1) is 0 Å². The fourth-order valence-corrected chi connectivity index (χ4v) is 2.29. The molecule has 1 amide bonds. The molecule has 1 N–H and O–H groups in total. The largest absolute Gasteiger partial charge is 0.352 e. The van der Waals surface area contributed by atoms with Crippen LogP contribution < -0.4 is 5.32 Å². The maximum absolute atomic E-state index is 12.2. The van der Waals surface area contributed by atoms with Crippen molar-refractivity contribution in [1.82, 2.24) is 5.32 Å². The minimum Gasteiger partial charge on any atom is -0.352 e. The first kappa shape index (κ1) is 14.1. The third-order valence-electron chi connectivity index (χ3n) is 3.22. The highest BCUT2D eigenvalue weighted by Gasteiger charge is 2.09. The van der Waals surface area contributed by atoms with Crippen LogP contribution in [0.25, 0.3) is 10.8 Å². The summed E-state index contributed by atoms with van der Waals surface area (Å²) in [5.41, 5.74) is 0.751. The molecule has 2 rings (SSSR count). The van der Waals surface area contributed by atoms with Crippen LogP contribution >= 0.6 is 15.9 Å². The quantitative estimate of drug-likeness (QED) is 0.825. The summed E-state index contributed by atoms with van der Waals surface area (Å²) in [6.45, 7) is 2.83. The monoisotopic (exact) mass is 319 g/mol. The normalized spacial score (nSPS) is 12.3. The Hall–Kier alpha value is -1.35. The topological polar surface area (TPSA) is 29.1 Å². The van der Waals surface area contributed by atoms with Gasteiger partial charge in [-0.05, 0) is 29.7 Å². The number of alkyl halides is 1. The Balaban J connectivity index is 2.09. The van der Waals surface area contributed by atoms with Crippen LogP contribution in [0.2, 0.25) is 0 Å². The molecule has 2 nitrogen and oxygen atoms in total. The van der Waals surface area contributed by atoms with Gasteiger partial charge in [0.1, 0.15) is 0 Å². The second kappa shape index (κ2) is 6.71. The van der Waals surface area contributed by atoms with Crippen LogP contribution in [0.15, 0.2) is 42.5 Å². The van der Waals surface area contributed by atoms with E-state index < -0.39 is 0 Å². The average molecular weight is 320 g/mol. The van der Waals surface area contributed by atoms with Gasteiger partial charge in [0.15, 0.2) is 0 Å². The lowest BCUT2D eigenvalue weighted by atomic mass is 10.0. The third-order valence-corrected chi connectivity index (χ3v) is 4.33. The molecular formula is C16H18BrNO. The van der Waals surface area contributed by atoms with E-state index in [1.54, 1.807) is 0 Å². The van der Waals surface area contributed by atoms with E-state index in [2.05, 4.69) is 28.2 Å². The van der Waals surface area contributed by atoms with E-state index >= 15 is 0 Å². The lowest BCUT2D eigenvalue weighted by Crippen LogP contribution is -2.26. The predicted octanol–water partition coefficient (Wildman–Crippen LogP) is 4.13. The van der Waals surface area contributed by atoms with E-state index in [4.69, 9.17) is 0 Å². The fraction of sp³-hybridized carbons (Fsp3) is 0.312. The van der Waals surface area contributed by atoms with Gasteiger partial charge >= 0.3 is 0 Å². The second-order valence-electron chi connectivity index (χ2n) is 4.58. The molecule has 100 valence electrons. The zero-order valence-corrected chi connectivity index (χ0v) is 12.6. The Labute approximate surface area is 122 Å². The number of nitrogens with one attached hydrogen (secondary N) is 1. The van der Waals surface area contributed by atoms with E-state index in [-0.39, 0.29) is 5.91 Å². The molecular weight excluding hydrogens is 302 g/mol. The molecule has 0 aliphatic heterocycles. The highest BCUT2D eigenvalue weighted by atomic mass is 79.9. The summed E-state index contributed by atoms with van der Waals surface area (Å²) in [5.74, 6) is 0.00704. The maximum atomic E-state index is 12.2. The Kier molecular flexibility index (Phi) is 4.97. The summed E-state index contributed by atoms with van der Waals surface area (Å²) in [6, 6.07) is 13.8. The zero-order chi connectivity index (χ0) is 13.7. The highest BCUT2D eigenvalue weighted by molar-refractivity contribution is 9.09. The molecule has 1 atom stereocenters. The summed E-state index contributed by atoms with van der Waals surface area (Å²) < 4.78 is 0. The molecule has 0 aromatic heterocycles.